The van der Waals surface area contributed by atoms with E-state index in [4.69, 9.17) is 10.2 Å². The summed E-state index contributed by atoms with van der Waals surface area (Å²) in [5.74, 6) is 0.203. The highest BCUT2D eigenvalue weighted by molar-refractivity contribution is 5.95. The summed E-state index contributed by atoms with van der Waals surface area (Å²) in [6, 6.07) is 7.68. The molecule has 0 bridgehead atoms. The Morgan fingerprint density at radius 1 is 1.44 bits per heavy atom. The van der Waals surface area contributed by atoms with Gasteiger partial charge in [0.05, 0.1) is 0 Å². The van der Waals surface area contributed by atoms with Crippen molar-refractivity contribution in [3.8, 4) is 0 Å². The van der Waals surface area contributed by atoms with Gasteiger partial charge in [-0.25, -0.2) is 0 Å². The fraction of sp³-hybridized carbons (Fsp3) is 0.308. The Morgan fingerprint density at radius 2 is 2.19 bits per heavy atom. The van der Waals surface area contributed by atoms with Crippen molar-refractivity contribution in [2.75, 3.05) is 0 Å². The summed E-state index contributed by atoms with van der Waals surface area (Å²) in [4.78, 5) is 11.0. The molecule has 16 heavy (non-hydrogen) atoms. The highest BCUT2D eigenvalue weighted by Gasteiger charge is 2.10. The Hall–Kier alpha value is -1.77. The molecule has 2 aromatic rings. The van der Waals surface area contributed by atoms with E-state index in [9.17, 15) is 4.79 Å². The van der Waals surface area contributed by atoms with E-state index >= 15 is 0 Å². The van der Waals surface area contributed by atoms with Crippen LogP contribution in [0.25, 0.3) is 11.0 Å². The quantitative estimate of drug-likeness (QED) is 0.859. The molecule has 3 heteroatoms. The molecule has 0 aliphatic heterocycles. The van der Waals surface area contributed by atoms with Gasteiger partial charge < -0.3 is 10.2 Å². The lowest BCUT2D eigenvalue weighted by Crippen LogP contribution is -2.08. The number of hydrogen-bond donors (Lipinski definition) is 1. The molecule has 1 heterocycles. The van der Waals surface area contributed by atoms with Crippen LogP contribution in [0.1, 0.15) is 42.3 Å². The number of fused-ring (bicyclic) bond motifs is 1. The third-order valence-electron chi connectivity index (χ3n) is 2.96. The van der Waals surface area contributed by atoms with Gasteiger partial charge in [0.25, 0.3) is 5.91 Å². The van der Waals surface area contributed by atoms with Gasteiger partial charge in [0.1, 0.15) is 5.58 Å². The van der Waals surface area contributed by atoms with Gasteiger partial charge in [-0.05, 0) is 36.1 Å². The summed E-state index contributed by atoms with van der Waals surface area (Å²) in [5, 5.41) is 0.937. The van der Waals surface area contributed by atoms with Crippen LogP contribution in [-0.4, -0.2) is 5.91 Å². The number of benzene rings is 1. The van der Waals surface area contributed by atoms with Gasteiger partial charge in [0, 0.05) is 5.39 Å². The Balaban J connectivity index is 2.49. The molecule has 3 nitrogen and oxygen atoms in total. The minimum Gasteiger partial charge on any atom is -0.451 e. The van der Waals surface area contributed by atoms with Crippen LogP contribution in [0.5, 0.6) is 0 Å². The van der Waals surface area contributed by atoms with E-state index in [2.05, 4.69) is 19.9 Å². The highest BCUT2D eigenvalue weighted by Crippen LogP contribution is 2.25. The van der Waals surface area contributed by atoms with Gasteiger partial charge in [-0.15, -0.1) is 0 Å². The van der Waals surface area contributed by atoms with Gasteiger partial charge >= 0.3 is 0 Å². The van der Waals surface area contributed by atoms with Gasteiger partial charge in [0.15, 0.2) is 5.76 Å². The number of furan rings is 1. The van der Waals surface area contributed by atoms with E-state index in [-0.39, 0.29) is 5.76 Å². The van der Waals surface area contributed by atoms with Crippen LogP contribution in [0, 0.1) is 0 Å². The van der Waals surface area contributed by atoms with E-state index in [0.717, 1.165) is 11.8 Å². The van der Waals surface area contributed by atoms with Crippen molar-refractivity contribution in [2.24, 2.45) is 5.73 Å². The Bertz CT molecular complexity index is 528. The molecule has 0 spiro atoms. The topological polar surface area (TPSA) is 56.2 Å². The van der Waals surface area contributed by atoms with Crippen molar-refractivity contribution in [1.82, 2.24) is 0 Å². The average molecular weight is 217 g/mol. The molecule has 0 radical (unpaired) electrons. The number of hydrogen-bond acceptors (Lipinski definition) is 2. The predicted octanol–water partition coefficient (Wildman–Crippen LogP) is 3.05. The molecule has 1 aromatic carbocycles. The van der Waals surface area contributed by atoms with E-state index in [1.807, 2.05) is 12.1 Å². The molecule has 1 amide bonds. The minimum atomic E-state index is -0.527. The SMILES string of the molecule is CCC(C)c1ccc2oc(C(N)=O)cc2c1. The molecule has 1 atom stereocenters. The zero-order chi connectivity index (χ0) is 11.7. The van der Waals surface area contributed by atoms with E-state index in [1.165, 1.54) is 5.56 Å². The smallest absolute Gasteiger partial charge is 0.284 e. The summed E-state index contributed by atoms with van der Waals surface area (Å²) in [5.41, 5.74) is 7.13. The standard InChI is InChI=1S/C13H15NO2/c1-3-8(2)9-4-5-11-10(6-9)7-12(16-11)13(14)15/h4-8H,3H2,1-2H3,(H2,14,15). The molecule has 1 aromatic heterocycles. The first-order valence-corrected chi connectivity index (χ1v) is 5.45. The first-order valence-electron chi connectivity index (χ1n) is 5.45. The molecule has 0 saturated carbocycles. The number of nitrogens with two attached hydrogens (primary N) is 1. The monoisotopic (exact) mass is 217 g/mol. The first-order chi connectivity index (χ1) is 7.61. The van der Waals surface area contributed by atoms with Crippen LogP contribution in [-0.2, 0) is 0 Å². The van der Waals surface area contributed by atoms with Crippen LogP contribution in [0.4, 0.5) is 0 Å². The Morgan fingerprint density at radius 3 is 2.81 bits per heavy atom. The molecule has 0 fully saturated rings. The summed E-state index contributed by atoms with van der Waals surface area (Å²) >= 11 is 0. The Labute approximate surface area is 94.2 Å². The predicted molar refractivity (Wildman–Crippen MR) is 63.4 cm³/mol. The molecule has 84 valence electrons. The maximum absolute atomic E-state index is 11.0. The van der Waals surface area contributed by atoms with E-state index in [0.29, 0.717) is 11.5 Å². The van der Waals surface area contributed by atoms with Crippen molar-refractivity contribution in [3.05, 3.63) is 35.6 Å². The number of amides is 1. The van der Waals surface area contributed by atoms with Crippen LogP contribution >= 0.6 is 0 Å². The average Bonchev–Trinajstić information content (AvgIpc) is 2.70. The zero-order valence-electron chi connectivity index (χ0n) is 9.49. The molecule has 0 aliphatic rings. The first kappa shape index (κ1) is 10.7. The van der Waals surface area contributed by atoms with Crippen LogP contribution < -0.4 is 5.73 Å². The minimum absolute atomic E-state index is 0.219. The van der Waals surface area contributed by atoms with Gasteiger partial charge in [-0.1, -0.05) is 19.9 Å². The van der Waals surface area contributed by atoms with Gasteiger partial charge in [-0.2, -0.15) is 0 Å². The van der Waals surface area contributed by atoms with Gasteiger partial charge in [0.2, 0.25) is 0 Å². The molecule has 0 aliphatic carbocycles. The molecule has 0 saturated heterocycles. The maximum Gasteiger partial charge on any atom is 0.284 e. The normalized spacial score (nSPS) is 12.9. The highest BCUT2D eigenvalue weighted by atomic mass is 16.3. The lowest BCUT2D eigenvalue weighted by Gasteiger charge is -2.07. The Kier molecular flexibility index (Phi) is 2.69. The summed E-state index contributed by atoms with van der Waals surface area (Å²) in [6.45, 7) is 4.33. The van der Waals surface area contributed by atoms with Crippen molar-refractivity contribution >= 4 is 16.9 Å². The van der Waals surface area contributed by atoms with Crippen molar-refractivity contribution in [2.45, 2.75) is 26.2 Å². The second-order valence-corrected chi connectivity index (χ2v) is 4.08. The molecular weight excluding hydrogens is 202 g/mol. The van der Waals surface area contributed by atoms with Crippen LogP contribution in [0.15, 0.2) is 28.7 Å². The lowest BCUT2D eigenvalue weighted by molar-refractivity contribution is 0.0976. The lowest BCUT2D eigenvalue weighted by atomic mass is 9.98. The van der Waals surface area contributed by atoms with E-state index < -0.39 is 5.91 Å². The second kappa shape index (κ2) is 4.00. The van der Waals surface area contributed by atoms with Crippen molar-refractivity contribution in [1.29, 1.82) is 0 Å². The summed E-state index contributed by atoms with van der Waals surface area (Å²) in [6.07, 6.45) is 1.09. The van der Waals surface area contributed by atoms with Crippen molar-refractivity contribution < 1.29 is 9.21 Å². The summed E-state index contributed by atoms with van der Waals surface area (Å²) < 4.78 is 5.32. The fourth-order valence-corrected chi connectivity index (χ4v) is 1.73. The van der Waals surface area contributed by atoms with Crippen molar-refractivity contribution in [3.63, 3.8) is 0 Å². The maximum atomic E-state index is 11.0. The molecule has 2 N–H and O–H groups in total. The zero-order valence-corrected chi connectivity index (χ0v) is 9.49. The van der Waals surface area contributed by atoms with E-state index in [1.54, 1.807) is 6.07 Å². The number of primary amides is 1. The number of carbonyl (C=O) groups is 1. The molecule has 1 unspecified atom stereocenters. The number of rotatable bonds is 3. The summed E-state index contributed by atoms with van der Waals surface area (Å²) in [7, 11) is 0. The second-order valence-electron chi connectivity index (χ2n) is 4.08. The van der Waals surface area contributed by atoms with Crippen LogP contribution in [0.2, 0.25) is 0 Å². The van der Waals surface area contributed by atoms with Gasteiger partial charge in [-0.3, -0.25) is 4.79 Å². The third-order valence-corrected chi connectivity index (χ3v) is 2.96. The largest absolute Gasteiger partial charge is 0.451 e. The number of carbonyl (C=O) groups excluding carboxylic acids is 1. The molecule has 2 rings (SSSR count). The molecular formula is C13H15NO2. The third kappa shape index (κ3) is 1.81. The van der Waals surface area contributed by atoms with Crippen LogP contribution in [0.3, 0.4) is 0 Å². The fourth-order valence-electron chi connectivity index (χ4n) is 1.73.